The lowest BCUT2D eigenvalue weighted by molar-refractivity contribution is 0.674. The van der Waals surface area contributed by atoms with Crippen LogP contribution >= 0.6 is 11.3 Å². The van der Waals surface area contributed by atoms with E-state index in [4.69, 9.17) is 5.73 Å². The molecule has 3 aromatic rings. The molecule has 140 valence electrons. The van der Waals surface area contributed by atoms with Crippen LogP contribution < -0.4 is 5.73 Å². The van der Waals surface area contributed by atoms with E-state index >= 15 is 0 Å². The fourth-order valence-corrected chi connectivity index (χ4v) is 3.66. The van der Waals surface area contributed by atoms with E-state index in [0.717, 1.165) is 46.9 Å². The highest BCUT2D eigenvalue weighted by atomic mass is 32.1. The first kappa shape index (κ1) is 19.0. The van der Waals surface area contributed by atoms with Crippen molar-refractivity contribution in [2.45, 2.75) is 39.2 Å². The Hall–Kier alpha value is -2.73. The van der Waals surface area contributed by atoms with Crippen LogP contribution in [-0.2, 0) is 19.4 Å². The fourth-order valence-electron chi connectivity index (χ4n) is 2.94. The predicted octanol–water partition coefficient (Wildman–Crippen LogP) is 5.27. The summed E-state index contributed by atoms with van der Waals surface area (Å²) in [5.74, 6) is 1.03. The molecule has 0 bridgehead atoms. The molecule has 2 heterocycles. The monoisotopic (exact) mass is 380 g/mol. The van der Waals surface area contributed by atoms with Gasteiger partial charge in [0.15, 0.2) is 0 Å². The SMILES string of the molecule is CCCCc1ncc(/C=C(\Cc2cccs2)N=O)n1Cc1ccc(N)cc1. The van der Waals surface area contributed by atoms with Crippen LogP contribution in [0, 0.1) is 4.91 Å². The summed E-state index contributed by atoms with van der Waals surface area (Å²) >= 11 is 1.63. The molecule has 3 rings (SSSR count). The van der Waals surface area contributed by atoms with Gasteiger partial charge in [0.25, 0.3) is 0 Å². The Kier molecular flexibility index (Phi) is 6.54. The molecule has 0 atom stereocenters. The lowest BCUT2D eigenvalue weighted by Crippen LogP contribution is -2.07. The second-order valence-corrected chi connectivity index (χ2v) is 7.55. The van der Waals surface area contributed by atoms with E-state index in [1.54, 1.807) is 11.3 Å². The molecule has 0 aliphatic heterocycles. The number of imidazole rings is 1. The third kappa shape index (κ3) is 5.14. The highest BCUT2D eigenvalue weighted by molar-refractivity contribution is 7.09. The summed E-state index contributed by atoms with van der Waals surface area (Å²) in [6, 6.07) is 11.9. The van der Waals surface area contributed by atoms with E-state index in [2.05, 4.69) is 21.7 Å². The van der Waals surface area contributed by atoms with Crippen LogP contribution in [0.2, 0.25) is 0 Å². The Balaban J connectivity index is 1.90. The van der Waals surface area contributed by atoms with Gasteiger partial charge in [-0.15, -0.1) is 16.2 Å². The number of unbranched alkanes of at least 4 members (excludes halogenated alkanes) is 1. The molecule has 0 fully saturated rings. The van der Waals surface area contributed by atoms with Gasteiger partial charge >= 0.3 is 0 Å². The Labute approximate surface area is 163 Å². The zero-order valence-electron chi connectivity index (χ0n) is 15.5. The molecule has 27 heavy (non-hydrogen) atoms. The number of aromatic nitrogens is 2. The summed E-state index contributed by atoms with van der Waals surface area (Å²) in [6.45, 7) is 2.86. The molecule has 1 aromatic carbocycles. The standard InChI is InChI=1S/C21H24N4OS/c1-2-3-6-21-23-14-19(12-18(24-26)13-20-5-4-11-27-20)25(21)15-16-7-9-17(22)10-8-16/h4-5,7-12,14H,2-3,6,13,15,22H2,1H3/b18-12+. The largest absolute Gasteiger partial charge is 0.399 e. The van der Waals surface area contributed by atoms with E-state index < -0.39 is 0 Å². The Morgan fingerprint density at radius 1 is 1.30 bits per heavy atom. The molecule has 0 unspecified atom stereocenters. The molecular weight excluding hydrogens is 356 g/mol. The molecule has 0 aliphatic rings. The molecule has 6 heteroatoms. The molecule has 0 radical (unpaired) electrons. The summed E-state index contributed by atoms with van der Waals surface area (Å²) < 4.78 is 2.17. The number of thiophene rings is 1. The normalized spacial score (nSPS) is 11.7. The summed E-state index contributed by atoms with van der Waals surface area (Å²) in [7, 11) is 0. The Morgan fingerprint density at radius 3 is 2.78 bits per heavy atom. The molecule has 2 N–H and O–H groups in total. The van der Waals surface area contributed by atoms with E-state index in [-0.39, 0.29) is 0 Å². The van der Waals surface area contributed by atoms with Crippen molar-refractivity contribution in [3.63, 3.8) is 0 Å². The van der Waals surface area contributed by atoms with Crippen LogP contribution in [-0.4, -0.2) is 9.55 Å². The molecule has 0 amide bonds. The molecule has 0 spiro atoms. The highest BCUT2D eigenvalue weighted by Crippen LogP contribution is 2.20. The Bertz CT molecular complexity index is 895. The van der Waals surface area contributed by atoms with Crippen molar-refractivity contribution in [2.24, 2.45) is 5.18 Å². The topological polar surface area (TPSA) is 73.3 Å². The number of hydrogen-bond acceptors (Lipinski definition) is 5. The van der Waals surface area contributed by atoms with Gasteiger partial charge in [-0.2, -0.15) is 0 Å². The number of hydrogen-bond donors (Lipinski definition) is 1. The lowest BCUT2D eigenvalue weighted by Gasteiger charge is -2.11. The van der Waals surface area contributed by atoms with Gasteiger partial charge in [0.1, 0.15) is 5.82 Å². The number of nitrogens with two attached hydrogens (primary N) is 1. The van der Waals surface area contributed by atoms with Gasteiger partial charge in [-0.3, -0.25) is 0 Å². The van der Waals surface area contributed by atoms with Gasteiger partial charge in [-0.1, -0.05) is 31.5 Å². The van der Waals surface area contributed by atoms with Gasteiger partial charge < -0.3 is 10.3 Å². The zero-order chi connectivity index (χ0) is 19.1. The van der Waals surface area contributed by atoms with Crippen molar-refractivity contribution in [2.75, 3.05) is 5.73 Å². The smallest absolute Gasteiger partial charge is 0.109 e. The molecular formula is C21H24N4OS. The van der Waals surface area contributed by atoms with Crippen LogP contribution in [0.4, 0.5) is 5.69 Å². The number of nitrogen functional groups attached to an aromatic ring is 1. The van der Waals surface area contributed by atoms with Crippen molar-refractivity contribution in [1.82, 2.24) is 9.55 Å². The van der Waals surface area contributed by atoms with Gasteiger partial charge in [0.2, 0.25) is 0 Å². The van der Waals surface area contributed by atoms with E-state index in [0.29, 0.717) is 18.7 Å². The third-order valence-electron chi connectivity index (χ3n) is 4.41. The number of aryl methyl sites for hydroxylation is 1. The van der Waals surface area contributed by atoms with Crippen molar-refractivity contribution in [3.05, 3.63) is 80.5 Å². The number of allylic oxidation sites excluding steroid dienone is 1. The van der Waals surface area contributed by atoms with E-state index in [1.807, 2.05) is 54.1 Å². The van der Waals surface area contributed by atoms with E-state index in [1.165, 1.54) is 0 Å². The minimum Gasteiger partial charge on any atom is -0.399 e. The van der Waals surface area contributed by atoms with Gasteiger partial charge in [0.05, 0.1) is 17.6 Å². The summed E-state index contributed by atoms with van der Waals surface area (Å²) in [6.07, 6.45) is 7.33. The second kappa shape index (κ2) is 9.28. The first-order chi connectivity index (χ1) is 13.2. The van der Waals surface area contributed by atoms with Crippen molar-refractivity contribution >= 4 is 23.1 Å². The number of nitroso groups, excluding NO2 is 1. The average Bonchev–Trinajstić information content (AvgIpc) is 3.32. The quantitative estimate of drug-likeness (QED) is 0.406. The fraction of sp³-hybridized carbons (Fsp3) is 0.286. The number of rotatable bonds is 9. The Morgan fingerprint density at radius 2 is 2.11 bits per heavy atom. The van der Waals surface area contributed by atoms with Crippen LogP contribution in [0.15, 0.2) is 58.8 Å². The van der Waals surface area contributed by atoms with Gasteiger partial charge in [0, 0.05) is 30.0 Å². The van der Waals surface area contributed by atoms with Crippen LogP contribution in [0.3, 0.4) is 0 Å². The maximum absolute atomic E-state index is 11.4. The maximum Gasteiger partial charge on any atom is 0.109 e. The zero-order valence-corrected chi connectivity index (χ0v) is 16.3. The summed E-state index contributed by atoms with van der Waals surface area (Å²) in [4.78, 5) is 17.1. The summed E-state index contributed by atoms with van der Waals surface area (Å²) in [5, 5.41) is 5.26. The molecule has 0 saturated heterocycles. The van der Waals surface area contributed by atoms with Gasteiger partial charge in [-0.25, -0.2) is 4.98 Å². The molecule has 0 saturated carbocycles. The van der Waals surface area contributed by atoms with Crippen LogP contribution in [0.25, 0.3) is 6.08 Å². The minimum absolute atomic E-state index is 0.512. The number of anilines is 1. The molecule has 5 nitrogen and oxygen atoms in total. The maximum atomic E-state index is 11.4. The molecule has 2 aromatic heterocycles. The minimum atomic E-state index is 0.512. The van der Waals surface area contributed by atoms with Gasteiger partial charge in [-0.05, 0) is 46.8 Å². The third-order valence-corrected chi connectivity index (χ3v) is 5.29. The number of benzene rings is 1. The van der Waals surface area contributed by atoms with Crippen molar-refractivity contribution in [3.8, 4) is 0 Å². The highest BCUT2D eigenvalue weighted by Gasteiger charge is 2.11. The first-order valence-electron chi connectivity index (χ1n) is 9.14. The van der Waals surface area contributed by atoms with Crippen molar-refractivity contribution in [1.29, 1.82) is 0 Å². The molecule has 0 aliphatic carbocycles. The predicted molar refractivity (Wildman–Crippen MR) is 113 cm³/mol. The van der Waals surface area contributed by atoms with Crippen LogP contribution in [0.1, 0.15) is 41.7 Å². The van der Waals surface area contributed by atoms with Crippen LogP contribution in [0.5, 0.6) is 0 Å². The van der Waals surface area contributed by atoms with Crippen molar-refractivity contribution < 1.29 is 0 Å². The first-order valence-corrected chi connectivity index (χ1v) is 10.0. The number of nitrogens with zero attached hydrogens (tertiary/aromatic N) is 3. The average molecular weight is 381 g/mol. The van der Waals surface area contributed by atoms with E-state index in [9.17, 15) is 4.91 Å². The lowest BCUT2D eigenvalue weighted by atomic mass is 10.2. The summed E-state index contributed by atoms with van der Waals surface area (Å²) in [5.41, 5.74) is 9.11. The second-order valence-electron chi connectivity index (χ2n) is 6.51.